The summed E-state index contributed by atoms with van der Waals surface area (Å²) < 4.78 is 17.9. The molecule has 0 aromatic rings. The Kier molecular flexibility index (Phi) is 28.8. The number of hydrogen-bond donors (Lipinski definition) is 1. The van der Waals surface area contributed by atoms with Gasteiger partial charge in [-0.1, -0.05) is 129 Å². The maximum atomic E-state index is 12.2. The Bertz CT molecular complexity index is 490. The molecule has 0 heterocycles. The minimum atomic E-state index is -0.761. The van der Waals surface area contributed by atoms with Crippen LogP contribution in [0.3, 0.4) is 0 Å². The standard InChI is InChI=1S/C32H66N2O4/c1-5-7-9-11-13-15-17-19-21-23-26-36-29-30(37-28-25-34(3)4)31(32(33)35)38-27-24-22-20-18-16-14-12-10-8-6-2/h30-31H,5-29H2,1-4H3,(H2,33,35). The lowest BCUT2D eigenvalue weighted by Gasteiger charge is -2.26. The Morgan fingerprint density at radius 3 is 1.45 bits per heavy atom. The fourth-order valence-corrected chi connectivity index (χ4v) is 4.67. The highest BCUT2D eigenvalue weighted by Crippen LogP contribution is 2.13. The van der Waals surface area contributed by atoms with Crippen molar-refractivity contribution in [1.82, 2.24) is 4.90 Å². The van der Waals surface area contributed by atoms with Gasteiger partial charge in [-0.2, -0.15) is 0 Å². The minimum Gasteiger partial charge on any atom is -0.379 e. The molecule has 0 radical (unpaired) electrons. The maximum Gasteiger partial charge on any atom is 0.249 e. The van der Waals surface area contributed by atoms with E-state index in [0.717, 1.165) is 25.8 Å². The first-order valence-electron chi connectivity index (χ1n) is 16.3. The van der Waals surface area contributed by atoms with Crippen molar-refractivity contribution in [3.8, 4) is 0 Å². The summed E-state index contributed by atoms with van der Waals surface area (Å²) in [7, 11) is 4.01. The van der Waals surface area contributed by atoms with Crippen molar-refractivity contribution in [2.24, 2.45) is 5.73 Å². The molecule has 1 amide bonds. The van der Waals surface area contributed by atoms with Gasteiger partial charge < -0.3 is 24.8 Å². The van der Waals surface area contributed by atoms with Crippen molar-refractivity contribution >= 4 is 5.91 Å². The number of nitrogens with zero attached hydrogens (tertiary/aromatic N) is 1. The zero-order chi connectivity index (χ0) is 28.1. The molecule has 0 rings (SSSR count). The zero-order valence-corrected chi connectivity index (χ0v) is 26.0. The summed E-state index contributed by atoms with van der Waals surface area (Å²) in [5, 5.41) is 0. The fraction of sp³-hybridized carbons (Fsp3) is 0.969. The zero-order valence-electron chi connectivity index (χ0n) is 26.0. The lowest BCUT2D eigenvalue weighted by atomic mass is 10.1. The Balaban J connectivity index is 4.16. The van der Waals surface area contributed by atoms with Gasteiger partial charge in [0.1, 0.15) is 6.10 Å². The minimum absolute atomic E-state index is 0.344. The van der Waals surface area contributed by atoms with E-state index in [1.807, 2.05) is 14.1 Å². The molecule has 0 aliphatic carbocycles. The molecule has 0 aromatic carbocycles. The van der Waals surface area contributed by atoms with Crippen LogP contribution in [0.4, 0.5) is 0 Å². The second-order valence-electron chi connectivity index (χ2n) is 11.3. The van der Waals surface area contributed by atoms with Crippen LogP contribution in [0.25, 0.3) is 0 Å². The highest BCUT2D eigenvalue weighted by atomic mass is 16.6. The molecule has 228 valence electrons. The van der Waals surface area contributed by atoms with Gasteiger partial charge in [0.15, 0.2) is 6.10 Å². The van der Waals surface area contributed by atoms with Crippen molar-refractivity contribution in [3.63, 3.8) is 0 Å². The van der Waals surface area contributed by atoms with Gasteiger partial charge >= 0.3 is 0 Å². The monoisotopic (exact) mass is 543 g/mol. The van der Waals surface area contributed by atoms with Gasteiger partial charge in [0, 0.05) is 19.8 Å². The molecule has 0 aromatic heterocycles. The number of unbranched alkanes of at least 4 members (excludes halogenated alkanes) is 18. The van der Waals surface area contributed by atoms with E-state index in [4.69, 9.17) is 19.9 Å². The number of hydrogen-bond acceptors (Lipinski definition) is 5. The summed E-state index contributed by atoms with van der Waals surface area (Å²) >= 11 is 0. The van der Waals surface area contributed by atoms with Gasteiger partial charge in [0.25, 0.3) is 0 Å². The first-order chi connectivity index (χ1) is 18.5. The molecule has 0 bridgehead atoms. The van der Waals surface area contributed by atoms with E-state index in [1.54, 1.807) is 0 Å². The molecular weight excluding hydrogens is 476 g/mol. The quantitative estimate of drug-likeness (QED) is 0.0910. The number of ether oxygens (including phenoxy) is 3. The third-order valence-electron chi connectivity index (χ3n) is 7.21. The predicted octanol–water partition coefficient (Wildman–Crippen LogP) is 7.66. The summed E-state index contributed by atoms with van der Waals surface area (Å²) in [6, 6.07) is 0. The molecule has 2 unspecified atom stereocenters. The highest BCUT2D eigenvalue weighted by molar-refractivity contribution is 5.79. The normalized spacial score (nSPS) is 13.3. The lowest BCUT2D eigenvalue weighted by Crippen LogP contribution is -2.46. The summed E-state index contributed by atoms with van der Waals surface area (Å²) in [5.74, 6) is -0.463. The van der Waals surface area contributed by atoms with Crippen LogP contribution in [-0.2, 0) is 19.0 Å². The number of amides is 1. The van der Waals surface area contributed by atoms with Gasteiger partial charge in [-0.15, -0.1) is 0 Å². The van der Waals surface area contributed by atoms with E-state index in [0.29, 0.717) is 26.4 Å². The number of primary amides is 1. The van der Waals surface area contributed by atoms with E-state index in [-0.39, 0.29) is 0 Å². The summed E-state index contributed by atoms with van der Waals surface area (Å²) in [4.78, 5) is 14.3. The lowest BCUT2D eigenvalue weighted by molar-refractivity contribution is -0.148. The van der Waals surface area contributed by atoms with E-state index in [2.05, 4.69) is 18.7 Å². The van der Waals surface area contributed by atoms with Gasteiger partial charge in [-0.3, -0.25) is 4.79 Å². The molecule has 0 fully saturated rings. The van der Waals surface area contributed by atoms with Crippen molar-refractivity contribution in [2.75, 3.05) is 47.1 Å². The van der Waals surface area contributed by atoms with Crippen LogP contribution < -0.4 is 5.73 Å². The van der Waals surface area contributed by atoms with E-state index < -0.39 is 18.1 Å². The number of likely N-dealkylation sites (N-methyl/N-ethyl adjacent to an activating group) is 1. The third-order valence-corrected chi connectivity index (χ3v) is 7.21. The van der Waals surface area contributed by atoms with Crippen LogP contribution >= 0.6 is 0 Å². The molecule has 0 aliphatic rings. The molecule has 0 spiro atoms. The third kappa shape index (κ3) is 25.6. The molecule has 0 aliphatic heterocycles. The van der Waals surface area contributed by atoms with E-state index in [9.17, 15) is 4.79 Å². The number of carbonyl (C=O) groups excluding carboxylic acids is 1. The molecule has 2 N–H and O–H groups in total. The Labute approximate surface area is 237 Å². The Hall–Kier alpha value is -0.690. The molecule has 6 nitrogen and oxygen atoms in total. The van der Waals surface area contributed by atoms with Crippen molar-refractivity contribution in [2.45, 2.75) is 154 Å². The summed E-state index contributed by atoms with van der Waals surface area (Å²) in [6.45, 7) is 7.39. The van der Waals surface area contributed by atoms with Crippen LogP contribution in [0.1, 0.15) is 142 Å². The number of carbonyl (C=O) groups is 1. The topological polar surface area (TPSA) is 74.0 Å². The molecule has 0 saturated carbocycles. The number of nitrogens with two attached hydrogens (primary N) is 1. The molecular formula is C32H66N2O4. The van der Waals surface area contributed by atoms with Crippen LogP contribution in [-0.4, -0.2) is 70.1 Å². The molecule has 0 saturated heterocycles. The van der Waals surface area contributed by atoms with Crippen LogP contribution in [0.15, 0.2) is 0 Å². The Morgan fingerprint density at radius 2 is 1.03 bits per heavy atom. The van der Waals surface area contributed by atoms with Gasteiger partial charge in [0.2, 0.25) is 5.91 Å². The largest absolute Gasteiger partial charge is 0.379 e. The van der Waals surface area contributed by atoms with E-state index >= 15 is 0 Å². The summed E-state index contributed by atoms with van der Waals surface area (Å²) in [6.07, 6.45) is 24.5. The fourth-order valence-electron chi connectivity index (χ4n) is 4.67. The van der Waals surface area contributed by atoms with Gasteiger partial charge in [0.05, 0.1) is 13.2 Å². The first-order valence-corrected chi connectivity index (χ1v) is 16.3. The second-order valence-corrected chi connectivity index (χ2v) is 11.3. The van der Waals surface area contributed by atoms with Gasteiger partial charge in [-0.25, -0.2) is 0 Å². The van der Waals surface area contributed by atoms with Crippen LogP contribution in [0.2, 0.25) is 0 Å². The SMILES string of the molecule is CCCCCCCCCCCCOCC(OCCN(C)C)C(OCCCCCCCCCCCC)C(N)=O. The molecule has 6 heteroatoms. The van der Waals surface area contributed by atoms with Crippen molar-refractivity contribution < 1.29 is 19.0 Å². The smallest absolute Gasteiger partial charge is 0.249 e. The van der Waals surface area contributed by atoms with Crippen LogP contribution in [0.5, 0.6) is 0 Å². The van der Waals surface area contributed by atoms with Gasteiger partial charge in [-0.05, 0) is 26.9 Å². The highest BCUT2D eigenvalue weighted by Gasteiger charge is 2.28. The second kappa shape index (κ2) is 29.3. The molecule has 2 atom stereocenters. The van der Waals surface area contributed by atoms with Crippen molar-refractivity contribution in [1.29, 1.82) is 0 Å². The predicted molar refractivity (Wildman–Crippen MR) is 162 cm³/mol. The average Bonchev–Trinajstić information content (AvgIpc) is 2.89. The molecule has 38 heavy (non-hydrogen) atoms. The number of rotatable bonds is 31. The Morgan fingerprint density at radius 1 is 0.605 bits per heavy atom. The van der Waals surface area contributed by atoms with E-state index in [1.165, 1.54) is 109 Å². The maximum absolute atomic E-state index is 12.2. The first kappa shape index (κ1) is 37.3. The van der Waals surface area contributed by atoms with Crippen LogP contribution in [0, 0.1) is 0 Å². The average molecular weight is 543 g/mol. The van der Waals surface area contributed by atoms with Crippen molar-refractivity contribution in [3.05, 3.63) is 0 Å². The summed E-state index contributed by atoms with van der Waals surface area (Å²) in [5.41, 5.74) is 5.73.